The first-order valence-electron chi connectivity index (χ1n) is 10.2. The van der Waals surface area contributed by atoms with E-state index >= 15 is 0 Å². The van der Waals surface area contributed by atoms with E-state index in [1.807, 2.05) is 0 Å². The van der Waals surface area contributed by atoms with Crippen LogP contribution in [-0.4, -0.2) is 53.8 Å². The number of sulfone groups is 1. The molecular weight excluding hydrogens is 459 g/mol. The van der Waals surface area contributed by atoms with Crippen LogP contribution >= 0.6 is 11.3 Å². The number of carbonyl (C=O) groups excluding carboxylic acids is 2. The smallest absolute Gasteiger partial charge is 0.323 e. The van der Waals surface area contributed by atoms with Crippen LogP contribution in [0.15, 0.2) is 35.4 Å². The van der Waals surface area contributed by atoms with Crippen LogP contribution in [0.2, 0.25) is 0 Å². The molecule has 2 aliphatic rings. The van der Waals surface area contributed by atoms with Gasteiger partial charge in [-0.15, -0.1) is 0 Å². The second-order valence-electron chi connectivity index (χ2n) is 8.08. The summed E-state index contributed by atoms with van der Waals surface area (Å²) in [5.74, 6) is -1.05. The Morgan fingerprint density at radius 1 is 1.25 bits per heavy atom. The number of hydroxylamine groups is 1. The summed E-state index contributed by atoms with van der Waals surface area (Å²) in [5, 5.41) is 10.8. The van der Waals surface area contributed by atoms with Crippen molar-refractivity contribution in [3.63, 3.8) is 0 Å². The van der Waals surface area contributed by atoms with Gasteiger partial charge in [-0.1, -0.05) is 23.5 Å². The van der Waals surface area contributed by atoms with E-state index in [1.54, 1.807) is 17.6 Å². The van der Waals surface area contributed by atoms with Gasteiger partial charge in [-0.25, -0.2) is 23.7 Å². The second-order valence-corrected chi connectivity index (χ2v) is 11.3. The highest BCUT2D eigenvalue weighted by Crippen LogP contribution is 2.35. The Bertz CT molecular complexity index is 1100. The maximum atomic E-state index is 13.3. The molecule has 32 heavy (non-hydrogen) atoms. The van der Waals surface area contributed by atoms with Gasteiger partial charge < -0.3 is 10.2 Å². The molecule has 1 aromatic carbocycles. The van der Waals surface area contributed by atoms with Gasteiger partial charge in [0.1, 0.15) is 0 Å². The maximum Gasteiger partial charge on any atom is 0.341 e. The summed E-state index contributed by atoms with van der Waals surface area (Å²) in [6.45, 7) is 0.817. The lowest BCUT2D eigenvalue weighted by Crippen LogP contribution is -2.36. The molecule has 4 rings (SSSR count). The lowest BCUT2D eigenvalue weighted by atomic mass is 9.87. The van der Waals surface area contributed by atoms with E-state index in [-0.39, 0.29) is 27.1 Å². The average molecular weight is 483 g/mol. The fraction of sp³-hybridized carbons (Fsp3) is 0.450. The number of urea groups is 1. The third-order valence-electron chi connectivity index (χ3n) is 5.84. The number of nitrogens with one attached hydrogen (secondary N) is 2. The van der Waals surface area contributed by atoms with Gasteiger partial charge in [0.25, 0.3) is 0 Å². The molecule has 0 radical (unpaired) electrons. The highest BCUT2D eigenvalue weighted by atomic mass is 32.2. The van der Waals surface area contributed by atoms with Gasteiger partial charge in [-0.05, 0) is 49.3 Å². The highest BCUT2D eigenvalue weighted by Gasteiger charge is 2.37. The Kier molecular flexibility index (Phi) is 6.45. The Hall–Kier alpha value is -2.57. The number of benzene rings is 1. The molecule has 2 heterocycles. The van der Waals surface area contributed by atoms with Gasteiger partial charge in [0.05, 0.1) is 22.3 Å². The number of aromatic nitrogens is 1. The topological polar surface area (TPSA) is 129 Å². The van der Waals surface area contributed by atoms with Crippen LogP contribution in [-0.2, 0) is 14.6 Å². The van der Waals surface area contributed by atoms with E-state index in [4.69, 9.17) is 5.21 Å². The summed E-state index contributed by atoms with van der Waals surface area (Å²) < 4.78 is 38.2. The number of rotatable bonds is 7. The number of hydrogen-bond acceptors (Lipinski definition) is 7. The van der Waals surface area contributed by atoms with Crippen LogP contribution in [0.25, 0.3) is 0 Å². The quantitative estimate of drug-likeness (QED) is 0.411. The number of nitrogens with zero attached hydrogens (tertiary/aromatic N) is 2. The molecule has 2 aromatic rings. The molecule has 1 aliphatic heterocycles. The predicted molar refractivity (Wildman–Crippen MR) is 115 cm³/mol. The highest BCUT2D eigenvalue weighted by molar-refractivity contribution is 7.92. The summed E-state index contributed by atoms with van der Waals surface area (Å²) >= 11 is 0.717. The normalized spacial score (nSPS) is 19.6. The van der Waals surface area contributed by atoms with Crippen LogP contribution in [0.1, 0.15) is 37.2 Å². The molecule has 172 valence electrons. The zero-order valence-electron chi connectivity index (χ0n) is 17.0. The molecular formula is C20H23FN4O5S2. The molecule has 9 nitrogen and oxygen atoms in total. The molecule has 0 bridgehead atoms. The van der Waals surface area contributed by atoms with Crippen molar-refractivity contribution in [2.75, 3.05) is 18.4 Å². The number of amides is 3. The van der Waals surface area contributed by atoms with Gasteiger partial charge in [-0.2, -0.15) is 4.39 Å². The third kappa shape index (κ3) is 4.92. The first-order chi connectivity index (χ1) is 15.3. The van der Waals surface area contributed by atoms with Crippen LogP contribution in [0.4, 0.5) is 14.3 Å². The monoisotopic (exact) mass is 482 g/mol. The SMILES string of the molecule is O=C(Nc1ncc(F)s1)C(CC1CCN(C(=O)NO)C1)c1ccc(S(=O)(=O)C2CC2)cc1. The molecule has 1 aromatic heterocycles. The van der Waals surface area contributed by atoms with Crippen LogP contribution in [0, 0.1) is 11.0 Å². The number of thiazole rings is 1. The molecule has 2 unspecified atom stereocenters. The zero-order chi connectivity index (χ0) is 22.9. The Labute approximate surface area is 188 Å². The molecule has 2 fully saturated rings. The molecule has 3 amide bonds. The number of halogens is 1. The van der Waals surface area contributed by atoms with Crippen molar-refractivity contribution in [3.8, 4) is 0 Å². The van der Waals surface area contributed by atoms with E-state index in [0.29, 0.717) is 55.7 Å². The fourth-order valence-electron chi connectivity index (χ4n) is 3.97. The Morgan fingerprint density at radius 2 is 1.97 bits per heavy atom. The molecule has 2 atom stereocenters. The molecule has 0 spiro atoms. The fourth-order valence-corrected chi connectivity index (χ4v) is 6.18. The summed E-state index contributed by atoms with van der Waals surface area (Å²) in [6, 6.07) is 5.71. The summed E-state index contributed by atoms with van der Waals surface area (Å²) in [4.78, 5) is 30.3. The van der Waals surface area contributed by atoms with Crippen molar-refractivity contribution in [2.45, 2.75) is 41.7 Å². The van der Waals surface area contributed by atoms with E-state index in [2.05, 4.69) is 10.3 Å². The lowest BCUT2D eigenvalue weighted by Gasteiger charge is -2.21. The van der Waals surface area contributed by atoms with Crippen LogP contribution in [0.5, 0.6) is 0 Å². The summed E-state index contributed by atoms with van der Waals surface area (Å²) in [7, 11) is -3.34. The van der Waals surface area contributed by atoms with E-state index < -0.39 is 26.9 Å². The van der Waals surface area contributed by atoms with E-state index in [0.717, 1.165) is 6.20 Å². The Balaban J connectivity index is 1.54. The van der Waals surface area contributed by atoms with E-state index in [9.17, 15) is 22.4 Å². The third-order valence-corrected chi connectivity index (χ3v) is 8.82. The Morgan fingerprint density at radius 3 is 2.56 bits per heavy atom. The van der Waals surface area contributed by atoms with Crippen molar-refractivity contribution in [1.29, 1.82) is 0 Å². The second kappa shape index (κ2) is 9.12. The van der Waals surface area contributed by atoms with Crippen molar-refractivity contribution in [3.05, 3.63) is 41.2 Å². The zero-order valence-corrected chi connectivity index (χ0v) is 18.7. The summed E-state index contributed by atoms with van der Waals surface area (Å²) in [6.07, 6.45) is 3.40. The largest absolute Gasteiger partial charge is 0.341 e. The summed E-state index contributed by atoms with van der Waals surface area (Å²) in [5.41, 5.74) is 2.24. The van der Waals surface area contributed by atoms with Crippen LogP contribution in [0.3, 0.4) is 0 Å². The van der Waals surface area contributed by atoms with Crippen molar-refractivity contribution in [2.24, 2.45) is 5.92 Å². The minimum Gasteiger partial charge on any atom is -0.323 e. The maximum absolute atomic E-state index is 13.3. The van der Waals surface area contributed by atoms with E-state index in [1.165, 1.54) is 17.0 Å². The van der Waals surface area contributed by atoms with Crippen molar-refractivity contribution in [1.82, 2.24) is 15.4 Å². The van der Waals surface area contributed by atoms with Gasteiger partial charge in [-0.3, -0.25) is 10.0 Å². The lowest BCUT2D eigenvalue weighted by molar-refractivity contribution is -0.118. The van der Waals surface area contributed by atoms with Crippen molar-refractivity contribution < 1.29 is 27.6 Å². The molecule has 1 saturated carbocycles. The molecule has 12 heteroatoms. The van der Waals surface area contributed by atoms with Gasteiger partial charge >= 0.3 is 6.03 Å². The standard InChI is InChI=1S/C20H23FN4O5S2/c21-17-10-22-19(31-17)23-18(26)16(9-12-7-8-25(11-12)20(27)24-28)13-1-3-14(4-2-13)32(29,30)15-5-6-15/h1-4,10,12,15-16,28H,5-9,11H2,(H,24,27)(H,22,23,26). The minimum atomic E-state index is -3.34. The number of carbonyl (C=O) groups is 2. The number of anilines is 1. The number of hydrogen-bond donors (Lipinski definition) is 3. The molecule has 1 saturated heterocycles. The number of likely N-dealkylation sites (tertiary alicyclic amines) is 1. The molecule has 3 N–H and O–H groups in total. The van der Waals surface area contributed by atoms with Gasteiger partial charge in [0.2, 0.25) is 5.91 Å². The van der Waals surface area contributed by atoms with Gasteiger partial charge in [0.15, 0.2) is 20.1 Å². The first-order valence-corrected chi connectivity index (χ1v) is 12.6. The predicted octanol–water partition coefficient (Wildman–Crippen LogP) is 2.75. The average Bonchev–Trinajstić information content (AvgIpc) is 3.42. The first kappa shape index (κ1) is 22.6. The minimum absolute atomic E-state index is 0.00838. The van der Waals surface area contributed by atoms with Crippen LogP contribution < -0.4 is 10.8 Å². The van der Waals surface area contributed by atoms with Crippen molar-refractivity contribution >= 4 is 38.2 Å². The van der Waals surface area contributed by atoms with Gasteiger partial charge in [0, 0.05) is 13.1 Å². The molecule has 1 aliphatic carbocycles.